The number of nitrogens with one attached hydrogen (secondary N) is 1. The van der Waals surface area contributed by atoms with E-state index in [0.29, 0.717) is 0 Å². The first-order valence-corrected chi connectivity index (χ1v) is 7.41. The van der Waals surface area contributed by atoms with Gasteiger partial charge in [0.1, 0.15) is 0 Å². The molecule has 0 unspecified atom stereocenters. The molecular weight excluding hydrogens is 391 g/mol. The van der Waals surface area contributed by atoms with Crippen molar-refractivity contribution < 1.29 is 18.0 Å². The number of hydrogen-bond acceptors (Lipinski definition) is 4. The molecule has 0 atom stereocenters. The molecule has 6 nitrogen and oxygen atoms in total. The topological polar surface area (TPSA) is 72.2 Å². The summed E-state index contributed by atoms with van der Waals surface area (Å²) in [4.78, 5) is 20.1. The SMILES string of the molecule is Cc1ccnc2nc(C(=O)Nc3ccc(Br)c(C(F)(F)F)c3)nn12. The third kappa shape index (κ3) is 3.09. The van der Waals surface area contributed by atoms with E-state index in [9.17, 15) is 18.0 Å². The summed E-state index contributed by atoms with van der Waals surface area (Å²) >= 11 is 2.84. The normalized spacial score (nSPS) is 11.7. The maximum atomic E-state index is 12.9. The van der Waals surface area contributed by atoms with Crippen LogP contribution in [0.2, 0.25) is 0 Å². The summed E-state index contributed by atoms with van der Waals surface area (Å²) in [6, 6.07) is 5.08. The second-order valence-corrected chi connectivity index (χ2v) is 5.73. The quantitative estimate of drug-likeness (QED) is 0.715. The van der Waals surface area contributed by atoms with Crippen molar-refractivity contribution in [1.29, 1.82) is 0 Å². The summed E-state index contributed by atoms with van der Waals surface area (Å²) in [5, 5.41) is 6.35. The van der Waals surface area contributed by atoms with Gasteiger partial charge in [0.05, 0.1) is 5.56 Å². The van der Waals surface area contributed by atoms with E-state index in [1.807, 2.05) is 0 Å². The molecule has 2 aromatic heterocycles. The van der Waals surface area contributed by atoms with Crippen LogP contribution in [0.1, 0.15) is 21.9 Å². The van der Waals surface area contributed by atoms with Crippen molar-refractivity contribution in [3.63, 3.8) is 0 Å². The van der Waals surface area contributed by atoms with E-state index in [-0.39, 0.29) is 21.8 Å². The Kier molecular flexibility index (Phi) is 3.99. The lowest BCUT2D eigenvalue weighted by atomic mass is 10.2. The van der Waals surface area contributed by atoms with Gasteiger partial charge in [0.25, 0.3) is 11.7 Å². The fraction of sp³-hybridized carbons (Fsp3) is 0.143. The Balaban J connectivity index is 1.90. The van der Waals surface area contributed by atoms with Crippen molar-refractivity contribution in [2.75, 3.05) is 5.32 Å². The molecule has 0 aliphatic heterocycles. The third-order valence-corrected chi connectivity index (χ3v) is 3.85. The van der Waals surface area contributed by atoms with Gasteiger partial charge >= 0.3 is 6.18 Å². The minimum atomic E-state index is -4.54. The molecule has 1 aromatic carbocycles. The number of halogens is 4. The number of fused-ring (bicyclic) bond motifs is 1. The van der Waals surface area contributed by atoms with Gasteiger partial charge in [0.2, 0.25) is 5.82 Å². The number of nitrogens with zero attached hydrogens (tertiary/aromatic N) is 4. The molecule has 2 heterocycles. The van der Waals surface area contributed by atoms with E-state index in [1.54, 1.807) is 13.0 Å². The Labute approximate surface area is 141 Å². The summed E-state index contributed by atoms with van der Waals surface area (Å²) in [6.07, 6.45) is -3.02. The highest BCUT2D eigenvalue weighted by molar-refractivity contribution is 9.10. The highest BCUT2D eigenvalue weighted by atomic mass is 79.9. The number of carbonyl (C=O) groups is 1. The first-order chi connectivity index (χ1) is 11.3. The summed E-state index contributed by atoms with van der Waals surface area (Å²) < 4.78 is 39.9. The van der Waals surface area contributed by atoms with Crippen molar-refractivity contribution in [2.45, 2.75) is 13.1 Å². The molecule has 0 aliphatic rings. The molecule has 3 aromatic rings. The number of aryl methyl sites for hydroxylation is 1. The summed E-state index contributed by atoms with van der Waals surface area (Å²) in [5.41, 5.74) is -0.186. The molecule has 0 radical (unpaired) electrons. The monoisotopic (exact) mass is 399 g/mol. The maximum absolute atomic E-state index is 12.9. The maximum Gasteiger partial charge on any atom is 0.417 e. The molecular formula is C14H9BrF3N5O. The van der Waals surface area contributed by atoms with Crippen LogP contribution < -0.4 is 5.32 Å². The average Bonchev–Trinajstić information content (AvgIpc) is 2.94. The van der Waals surface area contributed by atoms with Crippen molar-refractivity contribution in [2.24, 2.45) is 0 Å². The smallest absolute Gasteiger partial charge is 0.319 e. The van der Waals surface area contributed by atoms with Crippen LogP contribution in [0.25, 0.3) is 5.78 Å². The van der Waals surface area contributed by atoms with E-state index in [2.05, 4.69) is 36.3 Å². The number of alkyl halides is 3. The summed E-state index contributed by atoms with van der Waals surface area (Å²) in [7, 11) is 0. The Morgan fingerprint density at radius 2 is 2.04 bits per heavy atom. The van der Waals surface area contributed by atoms with Crippen molar-refractivity contribution in [3.05, 3.63) is 52.0 Å². The van der Waals surface area contributed by atoms with Gasteiger partial charge in [-0.1, -0.05) is 15.9 Å². The van der Waals surface area contributed by atoms with Gasteiger partial charge in [-0.3, -0.25) is 4.79 Å². The zero-order valence-corrected chi connectivity index (χ0v) is 13.7. The third-order valence-electron chi connectivity index (χ3n) is 3.16. The zero-order valence-electron chi connectivity index (χ0n) is 12.1. The second kappa shape index (κ2) is 5.86. The highest BCUT2D eigenvalue weighted by Crippen LogP contribution is 2.36. The van der Waals surface area contributed by atoms with E-state index in [0.717, 1.165) is 11.8 Å². The van der Waals surface area contributed by atoms with Crippen LogP contribution in [0.15, 0.2) is 34.9 Å². The average molecular weight is 400 g/mol. The van der Waals surface area contributed by atoms with Crippen LogP contribution >= 0.6 is 15.9 Å². The minimum Gasteiger partial charge on any atom is -0.319 e. The standard InChI is InChI=1S/C14H9BrF3N5O/c1-7-4-5-19-13-21-11(22-23(7)13)12(24)20-8-2-3-10(15)9(6-8)14(16,17)18/h2-6H,1H3,(H,20,24). The molecule has 0 saturated heterocycles. The molecule has 0 spiro atoms. The van der Waals surface area contributed by atoms with E-state index >= 15 is 0 Å². The summed E-state index contributed by atoms with van der Waals surface area (Å²) in [6.45, 7) is 1.76. The lowest BCUT2D eigenvalue weighted by Gasteiger charge is -2.11. The van der Waals surface area contributed by atoms with Gasteiger partial charge < -0.3 is 5.32 Å². The number of aromatic nitrogens is 4. The Morgan fingerprint density at radius 3 is 2.71 bits per heavy atom. The van der Waals surface area contributed by atoms with Crippen LogP contribution in [0.4, 0.5) is 18.9 Å². The molecule has 1 amide bonds. The molecule has 0 fully saturated rings. The first-order valence-electron chi connectivity index (χ1n) is 6.62. The van der Waals surface area contributed by atoms with Gasteiger partial charge in [-0.2, -0.15) is 18.2 Å². The fourth-order valence-corrected chi connectivity index (χ4v) is 2.48. The van der Waals surface area contributed by atoms with Gasteiger partial charge in [-0.15, -0.1) is 5.10 Å². The number of amides is 1. The van der Waals surface area contributed by atoms with Gasteiger partial charge in [0.15, 0.2) is 0 Å². The number of benzene rings is 1. The van der Waals surface area contributed by atoms with Crippen LogP contribution in [0.5, 0.6) is 0 Å². The predicted molar refractivity (Wildman–Crippen MR) is 82.6 cm³/mol. The largest absolute Gasteiger partial charge is 0.417 e. The number of rotatable bonds is 2. The first kappa shape index (κ1) is 16.4. The molecule has 3 rings (SSSR count). The number of carbonyl (C=O) groups excluding carboxylic acids is 1. The lowest BCUT2D eigenvalue weighted by molar-refractivity contribution is -0.138. The van der Waals surface area contributed by atoms with Crippen molar-refractivity contribution in [3.8, 4) is 0 Å². The lowest BCUT2D eigenvalue weighted by Crippen LogP contribution is -2.15. The van der Waals surface area contributed by atoms with E-state index in [4.69, 9.17) is 0 Å². The number of hydrogen-bond donors (Lipinski definition) is 1. The minimum absolute atomic E-state index is 0.0148. The van der Waals surface area contributed by atoms with Gasteiger partial charge in [-0.25, -0.2) is 9.50 Å². The van der Waals surface area contributed by atoms with Crippen LogP contribution in [-0.2, 0) is 6.18 Å². The molecule has 0 saturated carbocycles. The molecule has 0 bridgehead atoms. The van der Waals surface area contributed by atoms with E-state index < -0.39 is 17.6 Å². The second-order valence-electron chi connectivity index (χ2n) is 4.88. The Morgan fingerprint density at radius 1 is 1.29 bits per heavy atom. The molecule has 124 valence electrons. The van der Waals surface area contributed by atoms with Gasteiger partial charge in [-0.05, 0) is 31.2 Å². The molecule has 24 heavy (non-hydrogen) atoms. The molecule has 10 heteroatoms. The van der Waals surface area contributed by atoms with Crippen LogP contribution in [0.3, 0.4) is 0 Å². The number of anilines is 1. The fourth-order valence-electron chi connectivity index (χ4n) is 2.01. The van der Waals surface area contributed by atoms with Crippen LogP contribution in [0, 0.1) is 6.92 Å². The van der Waals surface area contributed by atoms with Crippen molar-refractivity contribution in [1.82, 2.24) is 19.6 Å². The summed E-state index contributed by atoms with van der Waals surface area (Å²) in [5.74, 6) is -0.685. The Hall–Kier alpha value is -2.49. The molecule has 0 aliphatic carbocycles. The van der Waals surface area contributed by atoms with Gasteiger partial charge in [0, 0.05) is 22.1 Å². The zero-order chi connectivity index (χ0) is 17.5. The highest BCUT2D eigenvalue weighted by Gasteiger charge is 2.33. The van der Waals surface area contributed by atoms with Crippen molar-refractivity contribution >= 4 is 33.3 Å². The van der Waals surface area contributed by atoms with E-state index in [1.165, 1.54) is 22.8 Å². The molecule has 1 N–H and O–H groups in total. The predicted octanol–water partition coefficient (Wildman–Crippen LogP) is 3.47. The Bertz CT molecular complexity index is 938. The van der Waals surface area contributed by atoms with Crippen LogP contribution in [-0.4, -0.2) is 25.5 Å².